The van der Waals surface area contributed by atoms with Crippen LogP contribution in [0.4, 0.5) is 0 Å². The minimum absolute atomic E-state index is 0.221. The van der Waals surface area contributed by atoms with E-state index in [0.29, 0.717) is 5.92 Å². The smallest absolute Gasteiger partial charge is 0.133 e. The summed E-state index contributed by atoms with van der Waals surface area (Å²) >= 11 is 1.43. The fraction of sp³-hybridized carbons (Fsp3) is 0.545. The highest BCUT2D eigenvalue weighted by molar-refractivity contribution is 7.13. The summed E-state index contributed by atoms with van der Waals surface area (Å²) in [5.41, 5.74) is 6.98. The average molecular weight is 249 g/mol. The van der Waals surface area contributed by atoms with Crippen LogP contribution in [-0.2, 0) is 0 Å². The Labute approximate surface area is 104 Å². The Morgan fingerprint density at radius 1 is 1.41 bits per heavy atom. The van der Waals surface area contributed by atoms with Crippen molar-refractivity contribution in [3.63, 3.8) is 0 Å². The molecule has 3 rings (SSSR count). The summed E-state index contributed by atoms with van der Waals surface area (Å²) in [6.45, 7) is 1.94. The maximum Gasteiger partial charge on any atom is 0.133 e. The lowest BCUT2D eigenvalue weighted by Gasteiger charge is -2.32. The van der Waals surface area contributed by atoms with Gasteiger partial charge in [0, 0.05) is 25.0 Å². The Bertz CT molecular complexity index is 515. The van der Waals surface area contributed by atoms with Crippen LogP contribution in [0.25, 0.3) is 10.2 Å². The van der Waals surface area contributed by atoms with E-state index in [0.717, 1.165) is 35.6 Å². The first-order valence-electron chi connectivity index (χ1n) is 5.74. The molecule has 6 heteroatoms. The van der Waals surface area contributed by atoms with Crippen LogP contribution >= 0.6 is 11.5 Å². The summed E-state index contributed by atoms with van der Waals surface area (Å²) in [4.78, 5) is 11.3. The summed E-state index contributed by atoms with van der Waals surface area (Å²) in [5.74, 6) is 1.24. The molecule has 0 radical (unpaired) electrons. The Balaban J connectivity index is 1.91. The van der Waals surface area contributed by atoms with Gasteiger partial charge in [0.05, 0.1) is 17.1 Å². The number of aromatic nitrogens is 3. The van der Waals surface area contributed by atoms with Crippen LogP contribution in [0.2, 0.25) is 0 Å². The van der Waals surface area contributed by atoms with Gasteiger partial charge >= 0.3 is 0 Å². The Morgan fingerprint density at radius 2 is 2.29 bits per heavy atom. The molecule has 2 unspecified atom stereocenters. The van der Waals surface area contributed by atoms with Crippen LogP contribution in [0.15, 0.2) is 12.4 Å². The van der Waals surface area contributed by atoms with E-state index in [-0.39, 0.29) is 6.04 Å². The van der Waals surface area contributed by atoms with Gasteiger partial charge in [0.15, 0.2) is 0 Å². The molecular weight excluding hydrogens is 234 g/mol. The first kappa shape index (κ1) is 11.0. The molecule has 0 bridgehead atoms. The van der Waals surface area contributed by atoms with Gasteiger partial charge in [0.25, 0.3) is 0 Å². The second-order valence-corrected chi connectivity index (χ2v) is 5.55. The van der Waals surface area contributed by atoms with Gasteiger partial charge in [-0.2, -0.15) is 4.37 Å². The highest BCUT2D eigenvalue weighted by atomic mass is 32.1. The van der Waals surface area contributed by atoms with E-state index in [9.17, 15) is 0 Å². The van der Waals surface area contributed by atoms with Crippen LogP contribution in [-0.4, -0.2) is 45.4 Å². The van der Waals surface area contributed by atoms with Crippen LogP contribution < -0.4 is 5.73 Å². The Kier molecular flexibility index (Phi) is 2.78. The highest BCUT2D eigenvalue weighted by Crippen LogP contribution is 2.25. The van der Waals surface area contributed by atoms with Crippen molar-refractivity contribution in [2.75, 3.05) is 20.1 Å². The third-order valence-electron chi connectivity index (χ3n) is 3.16. The van der Waals surface area contributed by atoms with Gasteiger partial charge < -0.3 is 10.6 Å². The summed E-state index contributed by atoms with van der Waals surface area (Å²) in [7, 11) is 2.09. The van der Waals surface area contributed by atoms with Gasteiger partial charge in [0.2, 0.25) is 0 Å². The van der Waals surface area contributed by atoms with Gasteiger partial charge in [0.1, 0.15) is 11.3 Å². The van der Waals surface area contributed by atoms with Crippen LogP contribution in [0, 0.1) is 0 Å². The molecule has 2 N–H and O–H groups in total. The van der Waals surface area contributed by atoms with Gasteiger partial charge in [-0.1, -0.05) is 0 Å². The van der Waals surface area contributed by atoms with Crippen molar-refractivity contribution >= 4 is 21.7 Å². The van der Waals surface area contributed by atoms with Gasteiger partial charge in [-0.15, -0.1) is 0 Å². The molecule has 1 aliphatic heterocycles. The van der Waals surface area contributed by atoms with Crippen molar-refractivity contribution in [2.24, 2.45) is 5.73 Å². The Hall–Kier alpha value is -1.11. The maximum absolute atomic E-state index is 6.04. The van der Waals surface area contributed by atoms with Crippen molar-refractivity contribution in [1.82, 2.24) is 19.2 Å². The molecule has 2 aromatic heterocycles. The van der Waals surface area contributed by atoms with Crippen molar-refractivity contribution < 1.29 is 0 Å². The van der Waals surface area contributed by atoms with Crippen LogP contribution in [0.1, 0.15) is 18.2 Å². The standard InChI is InChI=1S/C11H15N5S/c1-16-5-7(2-8(12)6-16)11-13-4-10-9(15-11)3-14-17-10/h3-4,7-8H,2,5-6,12H2,1H3. The zero-order chi connectivity index (χ0) is 11.8. The first-order chi connectivity index (χ1) is 8.22. The predicted octanol–water partition coefficient (Wildman–Crippen LogP) is 0.833. The monoisotopic (exact) mass is 249 g/mol. The highest BCUT2D eigenvalue weighted by Gasteiger charge is 2.26. The fourth-order valence-electron chi connectivity index (χ4n) is 2.44. The minimum Gasteiger partial charge on any atom is -0.327 e. The average Bonchev–Trinajstić information content (AvgIpc) is 2.74. The number of hydrogen-bond donors (Lipinski definition) is 1. The molecule has 5 nitrogen and oxygen atoms in total. The van der Waals surface area contributed by atoms with E-state index in [1.54, 1.807) is 6.20 Å². The van der Waals surface area contributed by atoms with E-state index in [1.165, 1.54) is 11.5 Å². The molecule has 0 spiro atoms. The molecule has 1 fully saturated rings. The van der Waals surface area contributed by atoms with Gasteiger partial charge in [-0.25, -0.2) is 9.97 Å². The molecule has 0 aliphatic carbocycles. The number of piperidine rings is 1. The molecule has 1 saturated heterocycles. The summed E-state index contributed by atoms with van der Waals surface area (Å²) in [5, 5.41) is 0. The fourth-order valence-corrected chi connectivity index (χ4v) is 3.00. The third-order valence-corrected chi connectivity index (χ3v) is 3.88. The predicted molar refractivity (Wildman–Crippen MR) is 68.0 cm³/mol. The van der Waals surface area contributed by atoms with Gasteiger partial charge in [-0.05, 0) is 25.0 Å². The maximum atomic E-state index is 6.04. The molecule has 0 aromatic carbocycles. The van der Waals surface area contributed by atoms with Gasteiger partial charge in [-0.3, -0.25) is 0 Å². The number of nitrogens with zero attached hydrogens (tertiary/aromatic N) is 4. The molecule has 1 aliphatic rings. The van der Waals surface area contributed by atoms with Crippen molar-refractivity contribution in [1.29, 1.82) is 0 Å². The second kappa shape index (κ2) is 4.29. The lowest BCUT2D eigenvalue weighted by Crippen LogP contribution is -2.44. The second-order valence-electron chi connectivity index (χ2n) is 4.72. The molecule has 2 atom stereocenters. The zero-order valence-corrected chi connectivity index (χ0v) is 10.5. The SMILES string of the molecule is CN1CC(N)CC(c2ncc3sncc3n2)C1. The molecule has 17 heavy (non-hydrogen) atoms. The normalized spacial score (nSPS) is 26.5. The summed E-state index contributed by atoms with van der Waals surface area (Å²) < 4.78 is 5.17. The van der Waals surface area contributed by atoms with Crippen molar-refractivity contribution in [3.05, 3.63) is 18.2 Å². The molecule has 3 heterocycles. The third kappa shape index (κ3) is 2.15. The van der Waals surface area contributed by atoms with E-state index in [2.05, 4.69) is 26.3 Å². The number of hydrogen-bond acceptors (Lipinski definition) is 6. The van der Waals surface area contributed by atoms with Crippen molar-refractivity contribution in [2.45, 2.75) is 18.4 Å². The van der Waals surface area contributed by atoms with E-state index >= 15 is 0 Å². The number of rotatable bonds is 1. The number of fused-ring (bicyclic) bond motifs is 1. The van der Waals surface area contributed by atoms with E-state index < -0.39 is 0 Å². The molecule has 2 aromatic rings. The molecular formula is C11H15N5S. The molecule has 90 valence electrons. The van der Waals surface area contributed by atoms with E-state index in [1.807, 2.05) is 6.20 Å². The van der Waals surface area contributed by atoms with Crippen LogP contribution in [0.3, 0.4) is 0 Å². The van der Waals surface area contributed by atoms with Crippen molar-refractivity contribution in [3.8, 4) is 0 Å². The zero-order valence-electron chi connectivity index (χ0n) is 9.71. The van der Waals surface area contributed by atoms with Crippen LogP contribution in [0.5, 0.6) is 0 Å². The lowest BCUT2D eigenvalue weighted by atomic mass is 9.94. The summed E-state index contributed by atoms with van der Waals surface area (Å²) in [6.07, 6.45) is 4.64. The first-order valence-corrected chi connectivity index (χ1v) is 6.51. The van der Waals surface area contributed by atoms with E-state index in [4.69, 9.17) is 5.73 Å². The quantitative estimate of drug-likeness (QED) is 0.811. The number of likely N-dealkylation sites (N-methyl/N-ethyl adjacent to an activating group) is 1. The minimum atomic E-state index is 0.221. The summed E-state index contributed by atoms with van der Waals surface area (Å²) in [6, 6.07) is 0.221. The lowest BCUT2D eigenvalue weighted by molar-refractivity contribution is 0.222. The molecule has 0 amide bonds. The topological polar surface area (TPSA) is 67.9 Å². The molecule has 0 saturated carbocycles. The Morgan fingerprint density at radius 3 is 3.12 bits per heavy atom. The number of likely N-dealkylation sites (tertiary alicyclic amines) is 1. The number of nitrogens with two attached hydrogens (primary N) is 1. The largest absolute Gasteiger partial charge is 0.327 e.